The largest absolute Gasteiger partial charge is 0.509 e. The second-order valence-corrected chi connectivity index (χ2v) is 3.29. The Bertz CT molecular complexity index is 438. The lowest BCUT2D eigenvalue weighted by molar-refractivity contribution is -0.153. The second-order valence-electron chi connectivity index (χ2n) is 3.29. The molecule has 0 bridgehead atoms. The van der Waals surface area contributed by atoms with Crippen molar-refractivity contribution in [3.8, 4) is 5.75 Å². The lowest BCUT2D eigenvalue weighted by Crippen LogP contribution is -2.35. The summed E-state index contributed by atoms with van der Waals surface area (Å²) < 4.78 is 101. The average Bonchev–Trinajstić information content (AvgIpc) is 2.17. The van der Waals surface area contributed by atoms with E-state index in [1.165, 1.54) is 0 Å². The molecule has 0 aliphatic carbocycles. The minimum Gasteiger partial charge on any atom is -0.481 e. The van der Waals surface area contributed by atoms with Crippen molar-refractivity contribution in [3.05, 3.63) is 23.8 Å². The molecule has 10 heteroatoms. The summed E-state index contributed by atoms with van der Waals surface area (Å²) in [6.45, 7) is -7.69. The molecule has 18 heavy (non-hydrogen) atoms. The van der Waals surface area contributed by atoms with E-state index in [1.807, 2.05) is 0 Å². The average molecular weight is 279 g/mol. The van der Waals surface area contributed by atoms with Gasteiger partial charge in [0.2, 0.25) is 0 Å². The number of alkyl halides is 3. The summed E-state index contributed by atoms with van der Waals surface area (Å²) in [5.41, 5.74) is -1.58. The fraction of sp³-hybridized carbons (Fsp3) is 0.250. The number of ether oxygens (including phenoxy) is 1. The zero-order chi connectivity index (χ0) is 14.1. The zero-order valence-electron chi connectivity index (χ0n) is 8.37. The molecule has 1 rings (SSSR count). The van der Waals surface area contributed by atoms with E-state index in [9.17, 15) is 34.9 Å². The minimum atomic E-state index is -5.67. The standard InChI is InChI=1S/C8H4BF8O/c10-5-1-4(9(15,16)17)2-6(7(5)11)18-3-8(12,13)14/h1-2H,3H2/q-1. The van der Waals surface area contributed by atoms with Crippen LogP contribution in [-0.2, 0) is 0 Å². The van der Waals surface area contributed by atoms with E-state index >= 15 is 0 Å². The predicted molar refractivity (Wildman–Crippen MR) is 46.6 cm³/mol. The first-order valence-corrected chi connectivity index (χ1v) is 4.39. The summed E-state index contributed by atoms with van der Waals surface area (Å²) in [6, 6.07) is -0.153. The van der Waals surface area contributed by atoms with Crippen molar-refractivity contribution >= 4 is 12.4 Å². The van der Waals surface area contributed by atoms with Crippen LogP contribution in [0.1, 0.15) is 0 Å². The molecule has 0 saturated heterocycles. The van der Waals surface area contributed by atoms with Gasteiger partial charge < -0.3 is 17.7 Å². The van der Waals surface area contributed by atoms with Crippen LogP contribution < -0.4 is 10.2 Å². The highest BCUT2D eigenvalue weighted by Crippen LogP contribution is 2.24. The summed E-state index contributed by atoms with van der Waals surface area (Å²) in [7, 11) is 0. The molecule has 1 aromatic carbocycles. The summed E-state index contributed by atoms with van der Waals surface area (Å²) >= 11 is 0. The number of hydrogen-bond acceptors (Lipinski definition) is 1. The molecular formula is C8H4BF8O-. The van der Waals surface area contributed by atoms with Gasteiger partial charge in [0, 0.05) is 0 Å². The molecule has 0 N–H and O–H groups in total. The molecule has 0 aliphatic rings. The third-order valence-corrected chi connectivity index (χ3v) is 1.79. The van der Waals surface area contributed by atoms with Gasteiger partial charge >= 0.3 is 13.2 Å². The molecule has 0 unspecified atom stereocenters. The van der Waals surface area contributed by atoms with Gasteiger partial charge in [-0.25, -0.2) is 4.39 Å². The first kappa shape index (κ1) is 14.6. The fourth-order valence-corrected chi connectivity index (χ4v) is 1.04. The van der Waals surface area contributed by atoms with Crippen molar-refractivity contribution in [2.24, 2.45) is 0 Å². The lowest BCUT2D eigenvalue weighted by atomic mass is 9.80. The molecule has 0 atom stereocenters. The van der Waals surface area contributed by atoms with E-state index in [-0.39, 0.29) is 12.1 Å². The summed E-state index contributed by atoms with van der Waals surface area (Å²) in [6.07, 6.45) is -4.87. The van der Waals surface area contributed by atoms with E-state index in [2.05, 4.69) is 4.74 Å². The van der Waals surface area contributed by atoms with E-state index in [0.29, 0.717) is 0 Å². The van der Waals surface area contributed by atoms with Crippen LogP contribution in [0.15, 0.2) is 12.1 Å². The molecule has 102 valence electrons. The van der Waals surface area contributed by atoms with Gasteiger partial charge in [-0.1, -0.05) is 0 Å². The van der Waals surface area contributed by atoms with Crippen LogP contribution in [0, 0.1) is 11.6 Å². The monoisotopic (exact) mass is 279 g/mol. The van der Waals surface area contributed by atoms with Crippen molar-refractivity contribution in [1.29, 1.82) is 0 Å². The van der Waals surface area contributed by atoms with E-state index in [1.54, 1.807) is 0 Å². The van der Waals surface area contributed by atoms with Crippen LogP contribution in [0.5, 0.6) is 5.75 Å². The Hall–Kier alpha value is -1.48. The molecule has 0 aromatic heterocycles. The van der Waals surface area contributed by atoms with Gasteiger partial charge in [0.15, 0.2) is 24.0 Å². The highest BCUT2D eigenvalue weighted by atomic mass is 19.4. The number of benzene rings is 1. The highest BCUT2D eigenvalue weighted by Gasteiger charge is 2.31. The molecule has 0 amide bonds. The Labute approximate surface area is 95.4 Å². The van der Waals surface area contributed by atoms with Crippen LogP contribution >= 0.6 is 0 Å². The van der Waals surface area contributed by atoms with E-state index in [0.717, 1.165) is 0 Å². The summed E-state index contributed by atoms with van der Waals surface area (Å²) in [5, 5.41) is 0. The number of halogens is 8. The molecule has 1 aromatic rings. The van der Waals surface area contributed by atoms with Crippen molar-refractivity contribution in [2.75, 3.05) is 6.61 Å². The molecule has 1 nitrogen and oxygen atoms in total. The van der Waals surface area contributed by atoms with Crippen LogP contribution in [0.4, 0.5) is 34.9 Å². The normalized spacial score (nSPS) is 12.7. The highest BCUT2D eigenvalue weighted by molar-refractivity contribution is 6.73. The van der Waals surface area contributed by atoms with Crippen molar-refractivity contribution in [3.63, 3.8) is 0 Å². The molecule has 0 radical (unpaired) electrons. The maximum Gasteiger partial charge on any atom is 0.509 e. The molecule has 0 heterocycles. The summed E-state index contributed by atoms with van der Waals surface area (Å²) in [4.78, 5) is 0. The lowest BCUT2D eigenvalue weighted by Gasteiger charge is -2.17. The Balaban J connectivity index is 3.07. The van der Waals surface area contributed by atoms with Crippen LogP contribution in [0.2, 0.25) is 0 Å². The smallest absolute Gasteiger partial charge is 0.481 e. The third kappa shape index (κ3) is 3.78. The molecule has 0 fully saturated rings. The Morgan fingerprint density at radius 1 is 1.06 bits per heavy atom. The summed E-state index contributed by atoms with van der Waals surface area (Å²) in [5.74, 6) is -5.26. The fourth-order valence-electron chi connectivity index (χ4n) is 1.04. The predicted octanol–water partition coefficient (Wildman–Crippen LogP) is 2.96. The van der Waals surface area contributed by atoms with Gasteiger partial charge in [0.1, 0.15) is 0 Å². The minimum absolute atomic E-state index is 0.00977. The molecule has 0 aliphatic heterocycles. The number of hydrogen-bond donors (Lipinski definition) is 0. The van der Waals surface area contributed by atoms with Crippen molar-refractivity contribution in [2.45, 2.75) is 6.18 Å². The SMILES string of the molecule is Fc1cc([B-](F)(F)F)cc(OCC(F)(F)F)c1F. The topological polar surface area (TPSA) is 9.23 Å². The molecule has 0 saturated carbocycles. The first-order chi connectivity index (χ1) is 8.00. The molecular weight excluding hydrogens is 275 g/mol. The Morgan fingerprint density at radius 3 is 2.06 bits per heavy atom. The van der Waals surface area contributed by atoms with Gasteiger partial charge in [-0.15, -0.1) is 5.46 Å². The maximum absolute atomic E-state index is 12.9. The van der Waals surface area contributed by atoms with Gasteiger partial charge in [-0.2, -0.15) is 17.6 Å². The van der Waals surface area contributed by atoms with Crippen molar-refractivity contribution < 1.29 is 39.6 Å². The van der Waals surface area contributed by atoms with Gasteiger partial charge in [-0.3, -0.25) is 0 Å². The number of rotatable bonds is 3. The van der Waals surface area contributed by atoms with E-state index in [4.69, 9.17) is 0 Å². The van der Waals surface area contributed by atoms with Crippen LogP contribution in [0.3, 0.4) is 0 Å². The Kier molecular flexibility index (Phi) is 3.77. The zero-order valence-corrected chi connectivity index (χ0v) is 8.37. The quantitative estimate of drug-likeness (QED) is 0.610. The third-order valence-electron chi connectivity index (χ3n) is 1.79. The van der Waals surface area contributed by atoms with Crippen LogP contribution in [-0.4, -0.2) is 19.8 Å². The van der Waals surface area contributed by atoms with Crippen LogP contribution in [0.25, 0.3) is 0 Å². The maximum atomic E-state index is 12.9. The molecule has 0 spiro atoms. The van der Waals surface area contributed by atoms with E-state index < -0.39 is 42.6 Å². The van der Waals surface area contributed by atoms with Gasteiger partial charge in [0.05, 0.1) is 0 Å². The van der Waals surface area contributed by atoms with Gasteiger partial charge in [-0.05, 0) is 12.1 Å². The second kappa shape index (κ2) is 4.66. The Morgan fingerprint density at radius 2 is 1.61 bits per heavy atom. The van der Waals surface area contributed by atoms with Crippen molar-refractivity contribution in [1.82, 2.24) is 0 Å². The van der Waals surface area contributed by atoms with Gasteiger partial charge in [0.25, 0.3) is 0 Å². The first-order valence-electron chi connectivity index (χ1n) is 4.39.